The molecule has 0 aliphatic heterocycles. The summed E-state index contributed by atoms with van der Waals surface area (Å²) in [4.78, 5) is 10.6. The highest BCUT2D eigenvalue weighted by Crippen LogP contribution is 2.38. The highest BCUT2D eigenvalue weighted by Gasteiger charge is 2.20. The van der Waals surface area contributed by atoms with Crippen LogP contribution in [0.4, 0.5) is 0 Å². The van der Waals surface area contributed by atoms with Crippen LogP contribution >= 0.6 is 12.6 Å². The summed E-state index contributed by atoms with van der Waals surface area (Å²) < 4.78 is 8.67. The topological polar surface area (TPSA) is 39.9 Å². The summed E-state index contributed by atoms with van der Waals surface area (Å²) in [5.41, 5.74) is 7.80. The summed E-state index contributed by atoms with van der Waals surface area (Å²) in [7, 11) is 0. The van der Waals surface area contributed by atoms with Crippen LogP contribution in [-0.2, 0) is 10.8 Å². The molecule has 0 unspecified atom stereocenters. The number of fused-ring (bicyclic) bond motifs is 4. The minimum Gasteiger partial charge on any atom is -0.439 e. The van der Waals surface area contributed by atoms with Gasteiger partial charge < -0.3 is 4.74 Å². The third-order valence-corrected chi connectivity index (χ3v) is 8.86. The summed E-state index contributed by atoms with van der Waals surface area (Å²) in [5.74, 6) is 2.10. The highest BCUT2D eigenvalue weighted by molar-refractivity contribution is 7.80. The number of hydrogen-bond acceptors (Lipinski definition) is 4. The van der Waals surface area contributed by atoms with Gasteiger partial charge >= 0.3 is 0 Å². The lowest BCUT2D eigenvalue weighted by Crippen LogP contribution is -2.11. The fraction of sp³-hybridized carbons (Fsp3) is 0.200. The molecular formula is C40H37N3OS. The SMILES string of the molecule is CC(C)(C)c1cc(S)c2nc(Oc3ccc4c5cc(C(C)(C)C)ccc5n(-c5cc(-c6ccccc6)ccn5)c4c3)ccc2c1. The summed E-state index contributed by atoms with van der Waals surface area (Å²) in [6.07, 6.45) is 1.89. The molecule has 0 saturated heterocycles. The van der Waals surface area contributed by atoms with Crippen LogP contribution in [0.3, 0.4) is 0 Å². The quantitative estimate of drug-likeness (QED) is 0.202. The van der Waals surface area contributed by atoms with Gasteiger partial charge in [0, 0.05) is 39.4 Å². The van der Waals surface area contributed by atoms with E-state index < -0.39 is 0 Å². The number of benzene rings is 4. The maximum atomic E-state index is 6.43. The number of thiol groups is 1. The van der Waals surface area contributed by atoms with Gasteiger partial charge in [0.2, 0.25) is 5.88 Å². The molecule has 3 heterocycles. The van der Waals surface area contributed by atoms with Gasteiger partial charge in [0.05, 0.1) is 16.6 Å². The van der Waals surface area contributed by atoms with Crippen LogP contribution in [0.15, 0.2) is 114 Å². The Labute approximate surface area is 270 Å². The molecule has 0 aliphatic carbocycles. The normalized spacial score (nSPS) is 12.3. The Kier molecular flexibility index (Phi) is 6.97. The Morgan fingerprint density at radius 1 is 0.644 bits per heavy atom. The van der Waals surface area contributed by atoms with Crippen molar-refractivity contribution in [1.82, 2.24) is 14.5 Å². The second kappa shape index (κ2) is 10.8. The maximum absolute atomic E-state index is 6.43. The first-order chi connectivity index (χ1) is 21.5. The van der Waals surface area contributed by atoms with Crippen molar-refractivity contribution in [3.8, 4) is 28.6 Å². The van der Waals surface area contributed by atoms with Gasteiger partial charge in [0.15, 0.2) is 0 Å². The molecule has 0 fully saturated rings. The Hall–Kier alpha value is -4.61. The molecule has 7 rings (SSSR count). The van der Waals surface area contributed by atoms with E-state index in [1.54, 1.807) is 0 Å². The van der Waals surface area contributed by atoms with E-state index in [1.165, 1.54) is 16.5 Å². The Balaban J connectivity index is 1.37. The fourth-order valence-electron chi connectivity index (χ4n) is 5.94. The number of nitrogens with zero attached hydrogens (tertiary/aromatic N) is 3. The van der Waals surface area contributed by atoms with E-state index in [4.69, 9.17) is 27.3 Å². The molecule has 45 heavy (non-hydrogen) atoms. The number of ether oxygens (including phenoxy) is 1. The van der Waals surface area contributed by atoms with Gasteiger partial charge in [-0.05, 0) is 87.7 Å². The van der Waals surface area contributed by atoms with Gasteiger partial charge in [-0.3, -0.25) is 4.57 Å². The zero-order valence-corrected chi connectivity index (χ0v) is 27.5. The van der Waals surface area contributed by atoms with Crippen LogP contribution in [-0.4, -0.2) is 14.5 Å². The van der Waals surface area contributed by atoms with Crippen LogP contribution in [0.25, 0.3) is 49.7 Å². The monoisotopic (exact) mass is 607 g/mol. The molecule has 0 amide bonds. The van der Waals surface area contributed by atoms with Crippen molar-refractivity contribution in [3.63, 3.8) is 0 Å². The smallest absolute Gasteiger partial charge is 0.219 e. The fourth-order valence-corrected chi connectivity index (χ4v) is 6.26. The van der Waals surface area contributed by atoms with Crippen molar-refractivity contribution in [2.24, 2.45) is 0 Å². The van der Waals surface area contributed by atoms with E-state index in [1.807, 2.05) is 24.4 Å². The van der Waals surface area contributed by atoms with Crippen molar-refractivity contribution < 1.29 is 4.74 Å². The third kappa shape index (κ3) is 5.46. The molecule has 0 N–H and O–H groups in total. The van der Waals surface area contributed by atoms with Gasteiger partial charge in [-0.25, -0.2) is 9.97 Å². The summed E-state index contributed by atoms with van der Waals surface area (Å²) in [6.45, 7) is 13.4. The lowest BCUT2D eigenvalue weighted by molar-refractivity contribution is 0.465. The minimum absolute atomic E-state index is 0.0256. The van der Waals surface area contributed by atoms with Crippen molar-refractivity contribution in [1.29, 1.82) is 0 Å². The van der Waals surface area contributed by atoms with E-state index in [9.17, 15) is 0 Å². The van der Waals surface area contributed by atoms with E-state index >= 15 is 0 Å². The van der Waals surface area contributed by atoms with Crippen molar-refractivity contribution >= 4 is 45.3 Å². The van der Waals surface area contributed by atoms with Crippen LogP contribution < -0.4 is 4.74 Å². The summed E-state index contributed by atoms with van der Waals surface area (Å²) >= 11 is 4.79. The van der Waals surface area contributed by atoms with E-state index in [0.29, 0.717) is 11.6 Å². The molecule has 0 atom stereocenters. The van der Waals surface area contributed by atoms with Gasteiger partial charge in [-0.15, -0.1) is 12.6 Å². The molecule has 0 saturated carbocycles. The molecule has 224 valence electrons. The summed E-state index contributed by atoms with van der Waals surface area (Å²) in [6, 6.07) is 36.0. The maximum Gasteiger partial charge on any atom is 0.219 e. The first kappa shape index (κ1) is 29.1. The molecule has 0 aliphatic rings. The van der Waals surface area contributed by atoms with Crippen molar-refractivity contribution in [2.45, 2.75) is 57.3 Å². The van der Waals surface area contributed by atoms with Crippen molar-refractivity contribution in [3.05, 3.63) is 120 Å². The molecule has 0 spiro atoms. The zero-order valence-electron chi connectivity index (χ0n) is 26.6. The number of hydrogen-bond donors (Lipinski definition) is 1. The molecule has 4 nitrogen and oxygen atoms in total. The Morgan fingerprint density at radius 2 is 1.42 bits per heavy atom. The largest absolute Gasteiger partial charge is 0.439 e. The highest BCUT2D eigenvalue weighted by atomic mass is 32.1. The summed E-state index contributed by atoms with van der Waals surface area (Å²) in [5, 5.41) is 3.39. The standard InChI is InChI=1S/C40H37N3OS/c1-39(2,3)28-13-16-33-32(22-28)31-15-14-30(44-37-17-12-27-20-29(40(4,5)6)23-35(45)38(27)42-37)24-34(31)43(33)36-21-26(18-19-41-36)25-10-8-7-9-11-25/h7-24,45H,1-6H3. The molecular weight excluding hydrogens is 571 g/mol. The Morgan fingerprint density at radius 3 is 2.18 bits per heavy atom. The predicted octanol–water partition coefficient (Wildman–Crippen LogP) is 11.1. The van der Waals surface area contributed by atoms with Crippen LogP contribution in [0.1, 0.15) is 52.7 Å². The number of pyridine rings is 2. The Bertz CT molecular complexity index is 2220. The lowest BCUT2D eigenvalue weighted by Gasteiger charge is -2.20. The molecule has 0 radical (unpaired) electrons. The van der Waals surface area contributed by atoms with E-state index in [-0.39, 0.29) is 10.8 Å². The molecule has 3 aromatic heterocycles. The predicted molar refractivity (Wildman–Crippen MR) is 190 cm³/mol. The third-order valence-electron chi connectivity index (χ3n) is 8.52. The van der Waals surface area contributed by atoms with Gasteiger partial charge in [-0.2, -0.15) is 0 Å². The van der Waals surface area contributed by atoms with Crippen LogP contribution in [0.5, 0.6) is 11.6 Å². The first-order valence-electron chi connectivity index (χ1n) is 15.4. The van der Waals surface area contributed by atoms with Crippen molar-refractivity contribution in [2.75, 3.05) is 0 Å². The van der Waals surface area contributed by atoms with Gasteiger partial charge in [-0.1, -0.05) is 77.9 Å². The average molecular weight is 608 g/mol. The molecule has 5 heteroatoms. The number of rotatable bonds is 4. The first-order valence-corrected chi connectivity index (χ1v) is 15.8. The second-order valence-corrected chi connectivity index (χ2v) is 14.3. The number of aromatic nitrogens is 3. The van der Waals surface area contributed by atoms with E-state index in [2.05, 4.69) is 131 Å². The van der Waals surface area contributed by atoms with Gasteiger partial charge in [0.25, 0.3) is 0 Å². The molecule has 0 bridgehead atoms. The molecule has 7 aromatic rings. The minimum atomic E-state index is 0.0256. The lowest BCUT2D eigenvalue weighted by atomic mass is 9.86. The second-order valence-electron chi connectivity index (χ2n) is 13.8. The molecule has 4 aromatic carbocycles. The van der Waals surface area contributed by atoms with E-state index in [0.717, 1.165) is 49.2 Å². The average Bonchev–Trinajstić information content (AvgIpc) is 3.34. The van der Waals surface area contributed by atoms with Gasteiger partial charge in [0.1, 0.15) is 11.6 Å². The van der Waals surface area contributed by atoms with Crippen LogP contribution in [0.2, 0.25) is 0 Å². The zero-order chi connectivity index (χ0) is 31.5. The van der Waals surface area contributed by atoms with Crippen LogP contribution in [0, 0.1) is 0 Å².